The van der Waals surface area contributed by atoms with Gasteiger partial charge in [-0.25, -0.2) is 0 Å². The number of hydrogen-bond acceptors (Lipinski definition) is 2. The molecule has 0 N–H and O–H groups in total. The molecule has 2 aromatic rings. The standard InChI is InChI=1S/C16H14N2S/c17-10-2-1-3-11-18-14-9-5-7-12-6-4-8-13(15(12)14)16(18)19/h4-9H,1-3,11H2. The minimum absolute atomic E-state index is 0.623. The molecule has 3 rings (SSSR count). The van der Waals surface area contributed by atoms with Gasteiger partial charge in [0, 0.05) is 23.9 Å². The number of thiocarbonyl (C=S) groups is 1. The van der Waals surface area contributed by atoms with Gasteiger partial charge in [0.25, 0.3) is 0 Å². The Morgan fingerprint density at radius 1 is 1.11 bits per heavy atom. The predicted molar refractivity (Wildman–Crippen MR) is 82.5 cm³/mol. The van der Waals surface area contributed by atoms with Gasteiger partial charge in [-0.1, -0.05) is 42.5 Å². The summed E-state index contributed by atoms with van der Waals surface area (Å²) >= 11 is 5.60. The summed E-state index contributed by atoms with van der Waals surface area (Å²) in [6.45, 7) is 0.897. The molecule has 19 heavy (non-hydrogen) atoms. The molecule has 94 valence electrons. The average Bonchev–Trinajstić information content (AvgIpc) is 2.71. The van der Waals surface area contributed by atoms with Crippen LogP contribution in [0, 0.1) is 11.3 Å². The molecule has 2 nitrogen and oxygen atoms in total. The van der Waals surface area contributed by atoms with Crippen molar-refractivity contribution in [3.05, 3.63) is 42.0 Å². The number of rotatable bonds is 4. The molecule has 0 amide bonds. The Kier molecular flexibility index (Phi) is 3.18. The van der Waals surface area contributed by atoms with E-state index in [-0.39, 0.29) is 0 Å². The number of unbranched alkanes of at least 4 members (excludes halogenated alkanes) is 2. The fourth-order valence-electron chi connectivity index (χ4n) is 2.68. The lowest BCUT2D eigenvalue weighted by Gasteiger charge is -2.19. The largest absolute Gasteiger partial charge is 0.332 e. The van der Waals surface area contributed by atoms with Crippen molar-refractivity contribution in [2.24, 2.45) is 0 Å². The number of nitrogens with zero attached hydrogens (tertiary/aromatic N) is 2. The molecule has 1 heterocycles. The summed E-state index contributed by atoms with van der Waals surface area (Å²) < 4.78 is 0. The lowest BCUT2D eigenvalue weighted by atomic mass is 10.1. The molecule has 3 heteroatoms. The summed E-state index contributed by atoms with van der Waals surface area (Å²) in [6.07, 6.45) is 2.55. The first-order valence-electron chi connectivity index (χ1n) is 6.53. The highest BCUT2D eigenvalue weighted by Gasteiger charge is 2.25. The SMILES string of the molecule is N#CCCCCN1C(=S)c2cccc3cccc1c23. The molecule has 0 aliphatic carbocycles. The van der Waals surface area contributed by atoms with Crippen LogP contribution in [-0.2, 0) is 0 Å². The molecule has 1 aliphatic heterocycles. The van der Waals surface area contributed by atoms with Crippen LogP contribution in [0.15, 0.2) is 36.4 Å². The van der Waals surface area contributed by atoms with Crippen molar-refractivity contribution in [2.45, 2.75) is 19.3 Å². The Labute approximate surface area is 118 Å². The third-order valence-electron chi connectivity index (χ3n) is 3.57. The Bertz CT molecular complexity index is 679. The molecule has 0 unspecified atom stereocenters. The van der Waals surface area contributed by atoms with E-state index in [9.17, 15) is 0 Å². The van der Waals surface area contributed by atoms with Gasteiger partial charge < -0.3 is 4.90 Å². The van der Waals surface area contributed by atoms with E-state index in [0.29, 0.717) is 6.42 Å². The van der Waals surface area contributed by atoms with Gasteiger partial charge in [0.05, 0.1) is 11.8 Å². The van der Waals surface area contributed by atoms with E-state index in [0.717, 1.165) is 24.4 Å². The van der Waals surface area contributed by atoms with Crippen molar-refractivity contribution >= 4 is 33.7 Å². The van der Waals surface area contributed by atoms with Gasteiger partial charge in [-0.2, -0.15) is 5.26 Å². The second kappa shape index (κ2) is 4.99. The third-order valence-corrected chi connectivity index (χ3v) is 4.01. The van der Waals surface area contributed by atoms with Crippen LogP contribution in [0.3, 0.4) is 0 Å². The van der Waals surface area contributed by atoms with Gasteiger partial charge in [-0.05, 0) is 24.3 Å². The van der Waals surface area contributed by atoms with Crippen molar-refractivity contribution in [3.63, 3.8) is 0 Å². The van der Waals surface area contributed by atoms with Crippen LogP contribution in [0.2, 0.25) is 0 Å². The molecule has 2 aromatic carbocycles. The van der Waals surface area contributed by atoms with Crippen molar-refractivity contribution in [2.75, 3.05) is 11.4 Å². The van der Waals surface area contributed by atoms with Gasteiger partial charge in [-0.3, -0.25) is 0 Å². The zero-order chi connectivity index (χ0) is 13.2. The first-order valence-corrected chi connectivity index (χ1v) is 6.94. The van der Waals surface area contributed by atoms with E-state index in [1.807, 2.05) is 0 Å². The van der Waals surface area contributed by atoms with Gasteiger partial charge in [0.15, 0.2) is 0 Å². The van der Waals surface area contributed by atoms with Crippen LogP contribution in [-0.4, -0.2) is 11.5 Å². The Hall–Kier alpha value is -1.92. The third kappa shape index (κ3) is 1.98. The monoisotopic (exact) mass is 266 g/mol. The maximum Gasteiger partial charge on any atom is 0.114 e. The van der Waals surface area contributed by atoms with E-state index in [2.05, 4.69) is 47.4 Å². The van der Waals surface area contributed by atoms with Crippen LogP contribution in [0.25, 0.3) is 10.8 Å². The second-order valence-corrected chi connectivity index (χ2v) is 5.14. The van der Waals surface area contributed by atoms with E-state index >= 15 is 0 Å². The van der Waals surface area contributed by atoms with Gasteiger partial charge in [-0.15, -0.1) is 0 Å². The molecule has 0 saturated carbocycles. The van der Waals surface area contributed by atoms with E-state index in [1.165, 1.54) is 22.0 Å². The predicted octanol–water partition coefficient (Wildman–Crippen LogP) is 4.03. The Balaban J connectivity index is 1.92. The van der Waals surface area contributed by atoms with Crippen LogP contribution >= 0.6 is 12.2 Å². The first-order chi connectivity index (χ1) is 9.33. The molecule has 0 fully saturated rings. The van der Waals surface area contributed by atoms with Crippen molar-refractivity contribution in [1.82, 2.24) is 0 Å². The highest BCUT2D eigenvalue weighted by Crippen LogP contribution is 2.37. The fraction of sp³-hybridized carbons (Fsp3) is 0.250. The summed E-state index contributed by atoms with van der Waals surface area (Å²) in [4.78, 5) is 3.13. The molecule has 0 atom stereocenters. The van der Waals surface area contributed by atoms with Crippen molar-refractivity contribution in [3.8, 4) is 6.07 Å². The molecular formula is C16H14N2S. The first kappa shape index (κ1) is 12.1. The van der Waals surface area contributed by atoms with Crippen LogP contribution in [0.5, 0.6) is 0 Å². The molecule has 0 saturated heterocycles. The molecule has 1 aliphatic rings. The topological polar surface area (TPSA) is 27.0 Å². The molecule has 0 radical (unpaired) electrons. The zero-order valence-electron chi connectivity index (χ0n) is 10.6. The number of hydrogen-bond donors (Lipinski definition) is 0. The van der Waals surface area contributed by atoms with Crippen LogP contribution in [0.4, 0.5) is 5.69 Å². The minimum atomic E-state index is 0.623. The number of nitriles is 1. The van der Waals surface area contributed by atoms with Crippen molar-refractivity contribution in [1.29, 1.82) is 5.26 Å². The normalized spacial score (nSPS) is 13.0. The lowest BCUT2D eigenvalue weighted by molar-refractivity contribution is 0.760. The summed E-state index contributed by atoms with van der Waals surface area (Å²) in [5, 5.41) is 11.1. The fourth-order valence-corrected chi connectivity index (χ4v) is 3.03. The maximum absolute atomic E-state index is 8.59. The summed E-state index contributed by atoms with van der Waals surface area (Å²) in [5.74, 6) is 0. The van der Waals surface area contributed by atoms with Crippen LogP contribution in [0.1, 0.15) is 24.8 Å². The number of benzene rings is 2. The second-order valence-electron chi connectivity index (χ2n) is 4.75. The molecular weight excluding hydrogens is 252 g/mol. The van der Waals surface area contributed by atoms with Crippen LogP contribution < -0.4 is 4.90 Å². The van der Waals surface area contributed by atoms with E-state index in [4.69, 9.17) is 17.5 Å². The van der Waals surface area contributed by atoms with Gasteiger partial charge in [0.2, 0.25) is 0 Å². The summed E-state index contributed by atoms with van der Waals surface area (Å²) in [7, 11) is 0. The smallest absolute Gasteiger partial charge is 0.114 e. The Morgan fingerprint density at radius 2 is 1.89 bits per heavy atom. The highest BCUT2D eigenvalue weighted by molar-refractivity contribution is 7.81. The highest BCUT2D eigenvalue weighted by atomic mass is 32.1. The summed E-state index contributed by atoms with van der Waals surface area (Å²) in [5.41, 5.74) is 2.39. The maximum atomic E-state index is 8.59. The van der Waals surface area contributed by atoms with Gasteiger partial charge >= 0.3 is 0 Å². The molecule has 0 bridgehead atoms. The average molecular weight is 266 g/mol. The Morgan fingerprint density at radius 3 is 2.68 bits per heavy atom. The minimum Gasteiger partial charge on any atom is -0.332 e. The quantitative estimate of drug-likeness (QED) is 0.617. The number of anilines is 1. The van der Waals surface area contributed by atoms with E-state index in [1.54, 1.807) is 0 Å². The lowest BCUT2D eigenvalue weighted by Crippen LogP contribution is -2.26. The van der Waals surface area contributed by atoms with E-state index < -0.39 is 0 Å². The summed E-state index contributed by atoms with van der Waals surface area (Å²) in [6, 6.07) is 14.8. The molecule has 0 spiro atoms. The zero-order valence-corrected chi connectivity index (χ0v) is 11.4. The molecule has 0 aromatic heterocycles. The van der Waals surface area contributed by atoms with Gasteiger partial charge in [0.1, 0.15) is 4.99 Å². The van der Waals surface area contributed by atoms with Crippen molar-refractivity contribution < 1.29 is 0 Å².